The summed E-state index contributed by atoms with van der Waals surface area (Å²) in [5.41, 5.74) is -0.993. The third-order valence-electron chi connectivity index (χ3n) is 3.91. The van der Waals surface area contributed by atoms with Gasteiger partial charge < -0.3 is 14.4 Å². The molecule has 0 radical (unpaired) electrons. The molecule has 8 nitrogen and oxygen atoms in total. The summed E-state index contributed by atoms with van der Waals surface area (Å²) < 4.78 is 10.3. The fourth-order valence-corrected chi connectivity index (χ4v) is 2.58. The lowest BCUT2D eigenvalue weighted by atomic mass is 10.1. The Kier molecular flexibility index (Phi) is 8.45. The molecule has 2 fully saturated rings. The number of imide groups is 1. The highest BCUT2D eigenvalue weighted by molar-refractivity contribution is 5.92. The molecule has 2 heterocycles. The third kappa shape index (κ3) is 9.19. The summed E-state index contributed by atoms with van der Waals surface area (Å²) in [4.78, 5) is 48.1. The zero-order valence-electron chi connectivity index (χ0n) is 18.0. The number of rotatable bonds is 0. The second-order valence-corrected chi connectivity index (χ2v) is 8.99. The van der Waals surface area contributed by atoms with Crippen molar-refractivity contribution in [2.75, 3.05) is 19.6 Å². The first-order valence-corrected chi connectivity index (χ1v) is 9.81. The fourth-order valence-electron chi connectivity index (χ4n) is 2.58. The van der Waals surface area contributed by atoms with Gasteiger partial charge in [0.25, 0.3) is 0 Å². The average Bonchev–Trinajstić information content (AvgIpc) is 2.53. The lowest BCUT2D eigenvalue weighted by Gasteiger charge is -2.29. The molecule has 28 heavy (non-hydrogen) atoms. The van der Waals surface area contributed by atoms with E-state index >= 15 is 0 Å². The maximum Gasteiger partial charge on any atom is 0.417 e. The van der Waals surface area contributed by atoms with E-state index in [9.17, 15) is 19.2 Å². The molecule has 0 N–H and O–H groups in total. The normalized spacial score (nSPS) is 18.2. The minimum atomic E-state index is -0.533. The number of hydrogen-bond donors (Lipinski definition) is 0. The Morgan fingerprint density at radius 3 is 1.71 bits per heavy atom. The van der Waals surface area contributed by atoms with E-state index in [1.165, 1.54) is 4.90 Å². The zero-order valence-corrected chi connectivity index (χ0v) is 18.0. The van der Waals surface area contributed by atoms with Crippen molar-refractivity contribution in [3.05, 3.63) is 0 Å². The van der Waals surface area contributed by atoms with Crippen LogP contribution < -0.4 is 0 Å². The van der Waals surface area contributed by atoms with Gasteiger partial charge in [0, 0.05) is 38.9 Å². The van der Waals surface area contributed by atoms with Crippen LogP contribution in [0.3, 0.4) is 0 Å². The summed E-state index contributed by atoms with van der Waals surface area (Å²) in [6.45, 7) is 12.4. The molecule has 0 aliphatic carbocycles. The number of likely N-dealkylation sites (tertiary alicyclic amines) is 2. The quantitative estimate of drug-likeness (QED) is 0.620. The van der Waals surface area contributed by atoms with Gasteiger partial charge in [0.15, 0.2) is 0 Å². The van der Waals surface area contributed by atoms with Crippen molar-refractivity contribution in [3.63, 3.8) is 0 Å². The molecule has 0 spiro atoms. The van der Waals surface area contributed by atoms with Crippen molar-refractivity contribution in [2.24, 2.45) is 0 Å². The number of hydrogen-bond acceptors (Lipinski definition) is 6. The molecule has 0 aromatic heterocycles. The lowest BCUT2D eigenvalue weighted by molar-refractivity contribution is -0.132. The Labute approximate surface area is 167 Å². The van der Waals surface area contributed by atoms with Crippen LogP contribution in [0.15, 0.2) is 0 Å². The summed E-state index contributed by atoms with van der Waals surface area (Å²) >= 11 is 0. The first-order valence-electron chi connectivity index (χ1n) is 9.81. The Balaban J connectivity index is 0.000000280. The van der Waals surface area contributed by atoms with E-state index in [1.807, 2.05) is 20.8 Å². The van der Waals surface area contributed by atoms with Crippen molar-refractivity contribution in [1.29, 1.82) is 0 Å². The second kappa shape index (κ2) is 9.89. The van der Waals surface area contributed by atoms with Crippen molar-refractivity contribution in [2.45, 2.75) is 84.8 Å². The van der Waals surface area contributed by atoms with Gasteiger partial charge in [0.2, 0.25) is 5.91 Å². The van der Waals surface area contributed by atoms with Gasteiger partial charge in [-0.25, -0.2) is 14.5 Å². The number of ketones is 1. The van der Waals surface area contributed by atoms with Crippen LogP contribution in [0.25, 0.3) is 0 Å². The first-order chi connectivity index (χ1) is 12.8. The van der Waals surface area contributed by atoms with Crippen molar-refractivity contribution < 1.29 is 28.7 Å². The molecule has 0 unspecified atom stereocenters. The molecule has 2 saturated heterocycles. The summed E-state index contributed by atoms with van der Waals surface area (Å²) in [7, 11) is 0. The molecular formula is C20H34N2O6. The van der Waals surface area contributed by atoms with Crippen LogP contribution in [0.4, 0.5) is 9.59 Å². The highest BCUT2D eigenvalue weighted by Gasteiger charge is 2.28. The Morgan fingerprint density at radius 1 is 0.750 bits per heavy atom. The van der Waals surface area contributed by atoms with Crippen LogP contribution in [-0.2, 0) is 19.1 Å². The zero-order chi connectivity index (χ0) is 21.5. The molecular weight excluding hydrogens is 364 g/mol. The molecule has 0 saturated carbocycles. The van der Waals surface area contributed by atoms with Crippen molar-refractivity contribution in [1.82, 2.24) is 9.80 Å². The van der Waals surface area contributed by atoms with E-state index in [-0.39, 0.29) is 17.8 Å². The number of nitrogens with zero attached hydrogens (tertiary/aromatic N) is 2. The molecule has 0 aromatic rings. The van der Waals surface area contributed by atoms with Crippen LogP contribution >= 0.6 is 0 Å². The number of carbonyl (C=O) groups is 4. The van der Waals surface area contributed by atoms with E-state index in [4.69, 9.17) is 9.47 Å². The highest BCUT2D eigenvalue weighted by atomic mass is 16.6. The molecule has 8 heteroatoms. The van der Waals surface area contributed by atoms with E-state index in [2.05, 4.69) is 0 Å². The summed E-state index contributed by atoms with van der Waals surface area (Å²) in [5.74, 6) is 0.107. The van der Waals surface area contributed by atoms with Gasteiger partial charge >= 0.3 is 12.2 Å². The van der Waals surface area contributed by atoms with Crippen molar-refractivity contribution in [3.8, 4) is 0 Å². The molecule has 2 aliphatic rings. The number of Topliss-reactive ketones (excluding diaryl/α,β-unsaturated/α-hetero) is 1. The topological polar surface area (TPSA) is 93.2 Å². The van der Waals surface area contributed by atoms with Gasteiger partial charge in [-0.15, -0.1) is 0 Å². The predicted octanol–water partition coefficient (Wildman–Crippen LogP) is 3.52. The molecule has 0 atom stereocenters. The van der Waals surface area contributed by atoms with Gasteiger partial charge in [-0.05, 0) is 54.4 Å². The maximum absolute atomic E-state index is 11.5. The SMILES string of the molecule is CC(C)(C)OC(=O)N1CCC(=O)CC1.CC(C)(C)OC(=O)N1CCCCC1=O. The second-order valence-electron chi connectivity index (χ2n) is 8.99. The van der Waals surface area contributed by atoms with Crippen LogP contribution in [0.5, 0.6) is 0 Å². The Hall–Kier alpha value is -2.12. The number of ether oxygens (including phenoxy) is 2. The molecule has 3 amide bonds. The number of piperidine rings is 2. The van der Waals surface area contributed by atoms with Crippen molar-refractivity contribution >= 4 is 23.9 Å². The monoisotopic (exact) mass is 398 g/mol. The smallest absolute Gasteiger partial charge is 0.417 e. The highest BCUT2D eigenvalue weighted by Crippen LogP contribution is 2.16. The summed E-state index contributed by atoms with van der Waals surface area (Å²) in [5, 5.41) is 0. The minimum Gasteiger partial charge on any atom is -0.444 e. The molecule has 0 aromatic carbocycles. The predicted molar refractivity (Wildman–Crippen MR) is 104 cm³/mol. The van der Waals surface area contributed by atoms with Gasteiger partial charge in [0.1, 0.15) is 17.0 Å². The van der Waals surface area contributed by atoms with Gasteiger partial charge in [-0.1, -0.05) is 0 Å². The fraction of sp³-hybridized carbons (Fsp3) is 0.800. The van der Waals surface area contributed by atoms with Crippen LogP contribution in [0, 0.1) is 0 Å². The maximum atomic E-state index is 11.5. The molecule has 0 bridgehead atoms. The lowest BCUT2D eigenvalue weighted by Crippen LogP contribution is -2.43. The van der Waals surface area contributed by atoms with Crippen LogP contribution in [-0.4, -0.2) is 64.5 Å². The Bertz CT molecular complexity index is 578. The average molecular weight is 399 g/mol. The number of carbonyl (C=O) groups excluding carboxylic acids is 4. The van der Waals surface area contributed by atoms with Gasteiger partial charge in [-0.3, -0.25) is 9.59 Å². The van der Waals surface area contributed by atoms with Crippen LogP contribution in [0.2, 0.25) is 0 Å². The van der Waals surface area contributed by atoms with E-state index in [0.29, 0.717) is 38.9 Å². The van der Waals surface area contributed by atoms with Gasteiger partial charge in [-0.2, -0.15) is 0 Å². The standard InChI is InChI=1S/2C10H17NO3/c1-10(2,3)14-9(13)11-6-4-8(12)5-7-11;1-10(2,3)14-9(13)11-7-5-4-6-8(11)12/h2*4-7H2,1-3H3. The Morgan fingerprint density at radius 2 is 1.25 bits per heavy atom. The van der Waals surface area contributed by atoms with E-state index < -0.39 is 17.3 Å². The summed E-state index contributed by atoms with van der Waals surface area (Å²) in [6.07, 6.45) is 2.30. The van der Waals surface area contributed by atoms with Gasteiger partial charge in [0.05, 0.1) is 0 Å². The molecule has 160 valence electrons. The summed E-state index contributed by atoms with van der Waals surface area (Å²) in [6, 6.07) is 0. The van der Waals surface area contributed by atoms with Crippen LogP contribution in [0.1, 0.15) is 73.6 Å². The number of amides is 3. The first kappa shape index (κ1) is 23.9. The minimum absolute atomic E-state index is 0.120. The third-order valence-corrected chi connectivity index (χ3v) is 3.91. The largest absolute Gasteiger partial charge is 0.444 e. The van der Waals surface area contributed by atoms with E-state index in [1.54, 1.807) is 25.7 Å². The molecule has 2 aliphatic heterocycles. The van der Waals surface area contributed by atoms with E-state index in [0.717, 1.165) is 12.8 Å². The molecule has 2 rings (SSSR count).